The first-order valence-corrected chi connectivity index (χ1v) is 5.02. The van der Waals surface area contributed by atoms with Gasteiger partial charge in [0.1, 0.15) is 0 Å². The molecule has 1 rings (SSSR count). The average Bonchev–Trinajstić information content (AvgIpc) is 1.86. The van der Waals surface area contributed by atoms with Crippen LogP contribution in [0.25, 0.3) is 0 Å². The van der Waals surface area contributed by atoms with Gasteiger partial charge in [-0.15, -0.1) is 12.4 Å². The third kappa shape index (κ3) is 3.24. The van der Waals surface area contributed by atoms with Crippen LogP contribution < -0.4 is 10.5 Å². The van der Waals surface area contributed by atoms with Crippen molar-refractivity contribution >= 4 is 22.6 Å². The summed E-state index contributed by atoms with van der Waals surface area (Å²) in [6, 6.07) is 0.196. The number of rotatable bonds is 1. The smallest absolute Gasteiger partial charge is 0.276 e. The van der Waals surface area contributed by atoms with Crippen LogP contribution >= 0.6 is 12.4 Å². The van der Waals surface area contributed by atoms with Crippen LogP contribution in [0.1, 0.15) is 6.92 Å². The Hall–Kier alpha value is 0.120. The molecule has 0 bridgehead atoms. The Kier molecular flexibility index (Phi) is 4.43. The van der Waals surface area contributed by atoms with Crippen LogP contribution in [0.5, 0.6) is 0 Å². The van der Waals surface area contributed by atoms with Crippen LogP contribution in [0.2, 0.25) is 0 Å². The van der Waals surface area contributed by atoms with E-state index in [4.69, 9.17) is 5.14 Å². The van der Waals surface area contributed by atoms with E-state index in [9.17, 15) is 8.42 Å². The highest BCUT2D eigenvalue weighted by atomic mass is 35.5. The van der Waals surface area contributed by atoms with Crippen LogP contribution in [0.3, 0.4) is 0 Å². The van der Waals surface area contributed by atoms with Gasteiger partial charge in [-0.25, -0.2) is 5.14 Å². The van der Waals surface area contributed by atoms with E-state index in [1.54, 1.807) is 0 Å². The maximum Gasteiger partial charge on any atom is 0.276 e. The zero-order chi connectivity index (χ0) is 8.48. The predicted molar refractivity (Wildman–Crippen MR) is 49.4 cm³/mol. The Morgan fingerprint density at radius 2 is 2.17 bits per heavy atom. The highest BCUT2D eigenvalue weighted by molar-refractivity contribution is 7.86. The maximum atomic E-state index is 10.8. The van der Waals surface area contributed by atoms with Crippen LogP contribution in [0.4, 0.5) is 0 Å². The van der Waals surface area contributed by atoms with Crippen molar-refractivity contribution in [2.75, 3.05) is 19.6 Å². The molecule has 5 nitrogen and oxygen atoms in total. The van der Waals surface area contributed by atoms with Crippen molar-refractivity contribution in [2.24, 2.45) is 5.14 Å². The molecule has 0 radical (unpaired) electrons. The lowest BCUT2D eigenvalue weighted by Crippen LogP contribution is -2.53. The van der Waals surface area contributed by atoms with Crippen molar-refractivity contribution in [3.05, 3.63) is 0 Å². The second-order valence-corrected chi connectivity index (χ2v) is 4.30. The Balaban J connectivity index is 0.00000121. The van der Waals surface area contributed by atoms with Gasteiger partial charge in [-0.05, 0) is 6.92 Å². The Labute approximate surface area is 78.9 Å². The first-order chi connectivity index (χ1) is 5.00. The van der Waals surface area contributed by atoms with Gasteiger partial charge in [-0.1, -0.05) is 0 Å². The van der Waals surface area contributed by atoms with Gasteiger partial charge in [0.25, 0.3) is 10.2 Å². The monoisotopic (exact) mass is 215 g/mol. The van der Waals surface area contributed by atoms with Gasteiger partial charge in [0, 0.05) is 25.7 Å². The standard InChI is InChI=1S/C5H13N3O2S.ClH/c1-5-4-8(3-2-7-5)11(6,9)10;/h5,7H,2-4H2,1H3,(H2,6,9,10);1H/t5-;/m1./s1. The highest BCUT2D eigenvalue weighted by Gasteiger charge is 2.22. The Morgan fingerprint density at radius 3 is 2.50 bits per heavy atom. The van der Waals surface area contributed by atoms with Crippen molar-refractivity contribution in [3.63, 3.8) is 0 Å². The van der Waals surface area contributed by atoms with E-state index in [2.05, 4.69) is 5.32 Å². The first-order valence-electron chi connectivity index (χ1n) is 3.51. The molecule has 1 atom stereocenters. The number of hydrogen-bond acceptors (Lipinski definition) is 3. The summed E-state index contributed by atoms with van der Waals surface area (Å²) in [5.74, 6) is 0. The number of nitrogens with two attached hydrogens (primary N) is 1. The third-order valence-corrected chi connectivity index (χ3v) is 2.74. The van der Waals surface area contributed by atoms with E-state index >= 15 is 0 Å². The van der Waals surface area contributed by atoms with Crippen molar-refractivity contribution in [2.45, 2.75) is 13.0 Å². The van der Waals surface area contributed by atoms with Crippen molar-refractivity contribution < 1.29 is 8.42 Å². The van der Waals surface area contributed by atoms with E-state index in [1.807, 2.05) is 6.92 Å². The molecule has 0 spiro atoms. The second kappa shape index (κ2) is 4.38. The summed E-state index contributed by atoms with van der Waals surface area (Å²) in [4.78, 5) is 0. The fraction of sp³-hybridized carbons (Fsp3) is 1.00. The summed E-state index contributed by atoms with van der Waals surface area (Å²) in [5, 5.41) is 8.07. The molecule has 1 fully saturated rings. The number of hydrogen-bond donors (Lipinski definition) is 2. The molecule has 0 amide bonds. The summed E-state index contributed by atoms with van der Waals surface area (Å²) in [5.41, 5.74) is 0. The number of nitrogens with one attached hydrogen (secondary N) is 1. The summed E-state index contributed by atoms with van der Waals surface area (Å²) in [6.07, 6.45) is 0. The van der Waals surface area contributed by atoms with E-state index in [1.165, 1.54) is 4.31 Å². The van der Waals surface area contributed by atoms with Gasteiger partial charge < -0.3 is 5.32 Å². The lowest BCUT2D eigenvalue weighted by Gasteiger charge is -2.29. The number of halogens is 1. The molecule has 0 aromatic carbocycles. The van der Waals surface area contributed by atoms with E-state index in [0.717, 1.165) is 0 Å². The fourth-order valence-corrected chi connectivity index (χ4v) is 1.91. The summed E-state index contributed by atoms with van der Waals surface area (Å²) >= 11 is 0. The molecular formula is C5H14ClN3O2S. The summed E-state index contributed by atoms with van der Waals surface area (Å²) in [6.45, 7) is 3.55. The van der Waals surface area contributed by atoms with Crippen molar-refractivity contribution in [3.8, 4) is 0 Å². The zero-order valence-corrected chi connectivity index (χ0v) is 8.49. The number of nitrogens with zero attached hydrogens (tertiary/aromatic N) is 1. The molecule has 0 aromatic rings. The molecule has 0 unspecified atom stereocenters. The lowest BCUT2D eigenvalue weighted by atomic mass is 10.3. The lowest BCUT2D eigenvalue weighted by molar-refractivity contribution is 0.310. The Bertz CT molecular complexity index is 231. The largest absolute Gasteiger partial charge is 0.312 e. The van der Waals surface area contributed by atoms with Gasteiger partial charge in [-0.2, -0.15) is 12.7 Å². The van der Waals surface area contributed by atoms with Crippen molar-refractivity contribution in [1.29, 1.82) is 0 Å². The highest BCUT2D eigenvalue weighted by Crippen LogP contribution is 2.00. The third-order valence-electron chi connectivity index (χ3n) is 1.69. The van der Waals surface area contributed by atoms with Gasteiger partial charge in [0.2, 0.25) is 0 Å². The minimum absolute atomic E-state index is 0. The summed E-state index contributed by atoms with van der Waals surface area (Å²) < 4.78 is 22.9. The quantitative estimate of drug-likeness (QED) is 0.584. The minimum Gasteiger partial charge on any atom is -0.312 e. The average molecular weight is 216 g/mol. The zero-order valence-electron chi connectivity index (χ0n) is 6.86. The van der Waals surface area contributed by atoms with E-state index in [0.29, 0.717) is 19.6 Å². The van der Waals surface area contributed by atoms with Gasteiger partial charge in [-0.3, -0.25) is 0 Å². The normalized spacial score (nSPS) is 26.3. The molecule has 1 aliphatic heterocycles. The topological polar surface area (TPSA) is 75.4 Å². The Morgan fingerprint density at radius 1 is 1.58 bits per heavy atom. The molecule has 0 aromatic heterocycles. The molecular weight excluding hydrogens is 202 g/mol. The first kappa shape index (κ1) is 12.1. The molecule has 1 heterocycles. The molecule has 0 aliphatic carbocycles. The van der Waals surface area contributed by atoms with Crippen LogP contribution in [-0.4, -0.2) is 38.4 Å². The van der Waals surface area contributed by atoms with Gasteiger partial charge in [0.15, 0.2) is 0 Å². The molecule has 1 aliphatic rings. The molecule has 1 saturated heterocycles. The van der Waals surface area contributed by atoms with Crippen LogP contribution in [-0.2, 0) is 10.2 Å². The maximum absolute atomic E-state index is 10.8. The molecule has 74 valence electrons. The fourth-order valence-electron chi connectivity index (χ4n) is 1.13. The molecule has 3 N–H and O–H groups in total. The summed E-state index contributed by atoms with van der Waals surface area (Å²) in [7, 11) is -3.47. The van der Waals surface area contributed by atoms with Gasteiger partial charge in [0.05, 0.1) is 0 Å². The number of piperazine rings is 1. The van der Waals surface area contributed by atoms with Crippen LogP contribution in [0, 0.1) is 0 Å². The SMILES string of the molecule is C[C@@H]1CN(S(N)(=O)=O)CCN1.Cl. The van der Waals surface area contributed by atoms with Crippen molar-refractivity contribution in [1.82, 2.24) is 9.62 Å². The second-order valence-electron chi connectivity index (χ2n) is 2.76. The predicted octanol–water partition coefficient (Wildman–Crippen LogP) is -1.09. The molecule has 12 heavy (non-hydrogen) atoms. The molecule has 7 heteroatoms. The molecule has 0 saturated carbocycles. The van der Waals surface area contributed by atoms with E-state index in [-0.39, 0.29) is 18.4 Å². The van der Waals surface area contributed by atoms with Crippen LogP contribution in [0.15, 0.2) is 0 Å². The van der Waals surface area contributed by atoms with E-state index < -0.39 is 10.2 Å². The minimum atomic E-state index is -3.47. The van der Waals surface area contributed by atoms with Gasteiger partial charge >= 0.3 is 0 Å².